The van der Waals surface area contributed by atoms with Gasteiger partial charge in [-0.15, -0.1) is 0 Å². The maximum absolute atomic E-state index is 2.39. The maximum Gasteiger partial charge on any atom is 0.0138 e. The second-order valence-electron chi connectivity index (χ2n) is 3.89. The molecule has 54 valence electrons. The molecule has 0 aromatic rings. The van der Waals surface area contributed by atoms with E-state index in [9.17, 15) is 0 Å². The second-order valence-corrected chi connectivity index (χ2v) is 3.89. The van der Waals surface area contributed by atoms with Gasteiger partial charge in [-0.3, -0.25) is 0 Å². The van der Waals surface area contributed by atoms with Gasteiger partial charge in [0.1, 0.15) is 0 Å². The van der Waals surface area contributed by atoms with Crippen LogP contribution in [0.1, 0.15) is 20.8 Å². The van der Waals surface area contributed by atoms with E-state index in [0.29, 0.717) is 5.41 Å². The van der Waals surface area contributed by atoms with Gasteiger partial charge in [-0.05, 0) is 17.4 Å². The molecule has 2 aliphatic rings. The minimum Gasteiger partial charge on any atom is -0.0811 e. The zero-order chi connectivity index (χ0) is 7.35. The van der Waals surface area contributed by atoms with Crippen molar-refractivity contribution in [1.82, 2.24) is 0 Å². The Labute approximate surface area is 62.6 Å². The zero-order valence-corrected chi connectivity index (χ0v) is 6.89. The third-order valence-corrected chi connectivity index (χ3v) is 3.31. The summed E-state index contributed by atoms with van der Waals surface area (Å²) in [6, 6.07) is 0. The molecule has 0 aliphatic heterocycles. The average Bonchev–Trinajstić information content (AvgIpc) is 2.55. The molecular weight excluding hydrogens is 120 g/mol. The normalized spacial score (nSPS) is 50.1. The molecule has 0 N–H and O–H groups in total. The molecule has 3 unspecified atom stereocenters. The smallest absolute Gasteiger partial charge is 0.0138 e. The molecule has 0 aromatic carbocycles. The first-order valence-corrected chi connectivity index (χ1v) is 4.06. The van der Waals surface area contributed by atoms with Gasteiger partial charge in [0.15, 0.2) is 0 Å². The largest absolute Gasteiger partial charge is 0.0811 e. The summed E-state index contributed by atoms with van der Waals surface area (Å²) in [4.78, 5) is 0. The van der Waals surface area contributed by atoms with Crippen molar-refractivity contribution in [3.05, 3.63) is 23.8 Å². The van der Waals surface area contributed by atoms with Crippen LogP contribution in [0, 0.1) is 17.3 Å². The predicted octanol–water partition coefficient (Wildman–Crippen LogP) is 2.77. The number of hydrogen-bond acceptors (Lipinski definition) is 0. The quantitative estimate of drug-likeness (QED) is 0.478. The predicted molar refractivity (Wildman–Crippen MR) is 43.7 cm³/mol. The zero-order valence-electron chi connectivity index (χ0n) is 6.89. The Morgan fingerprint density at radius 2 is 2.10 bits per heavy atom. The SMILES string of the molecule is CC1C=CC2=CC2(C)C1C. The molecule has 0 radical (unpaired) electrons. The Hall–Kier alpha value is -0.520. The summed E-state index contributed by atoms with van der Waals surface area (Å²) in [7, 11) is 0. The highest BCUT2D eigenvalue weighted by Gasteiger charge is 2.45. The second kappa shape index (κ2) is 1.55. The van der Waals surface area contributed by atoms with Crippen LogP contribution in [0.3, 0.4) is 0 Å². The lowest BCUT2D eigenvalue weighted by Crippen LogP contribution is -2.21. The lowest BCUT2D eigenvalue weighted by molar-refractivity contribution is 0.314. The van der Waals surface area contributed by atoms with Crippen LogP contribution in [0.25, 0.3) is 0 Å². The lowest BCUT2D eigenvalue weighted by Gasteiger charge is -2.28. The van der Waals surface area contributed by atoms with E-state index < -0.39 is 0 Å². The van der Waals surface area contributed by atoms with E-state index in [-0.39, 0.29) is 0 Å². The highest BCUT2D eigenvalue weighted by Crippen LogP contribution is 2.55. The molecule has 0 saturated carbocycles. The number of rotatable bonds is 0. The van der Waals surface area contributed by atoms with Gasteiger partial charge in [-0.25, -0.2) is 0 Å². The first kappa shape index (κ1) is 6.21. The van der Waals surface area contributed by atoms with E-state index in [2.05, 4.69) is 39.0 Å². The molecule has 2 rings (SSSR count). The fraction of sp³-hybridized carbons (Fsp3) is 0.600. The third kappa shape index (κ3) is 0.570. The third-order valence-electron chi connectivity index (χ3n) is 3.31. The van der Waals surface area contributed by atoms with Gasteiger partial charge in [-0.2, -0.15) is 0 Å². The molecule has 0 spiro atoms. The molecular formula is C10H14. The Kier molecular flexibility index (Phi) is 0.964. The minimum atomic E-state index is 0.480. The van der Waals surface area contributed by atoms with Gasteiger partial charge in [0.05, 0.1) is 0 Å². The van der Waals surface area contributed by atoms with Crippen LogP contribution in [-0.2, 0) is 0 Å². The van der Waals surface area contributed by atoms with Gasteiger partial charge in [-0.1, -0.05) is 39.0 Å². The van der Waals surface area contributed by atoms with Crippen LogP contribution in [-0.4, -0.2) is 0 Å². The molecule has 0 aromatic heterocycles. The molecule has 0 heteroatoms. The van der Waals surface area contributed by atoms with Gasteiger partial charge < -0.3 is 0 Å². The summed E-state index contributed by atoms with van der Waals surface area (Å²) in [5, 5.41) is 0. The van der Waals surface area contributed by atoms with Crippen molar-refractivity contribution >= 4 is 0 Å². The van der Waals surface area contributed by atoms with Crippen LogP contribution < -0.4 is 0 Å². The number of hydrogen-bond donors (Lipinski definition) is 0. The summed E-state index contributed by atoms with van der Waals surface area (Å²) in [6.45, 7) is 6.99. The number of allylic oxidation sites excluding steroid dienone is 4. The van der Waals surface area contributed by atoms with E-state index in [4.69, 9.17) is 0 Å². The molecule has 3 atom stereocenters. The lowest BCUT2D eigenvalue weighted by atomic mass is 9.76. The highest BCUT2D eigenvalue weighted by atomic mass is 14.5. The fourth-order valence-corrected chi connectivity index (χ4v) is 1.88. The van der Waals surface area contributed by atoms with Crippen LogP contribution in [0.5, 0.6) is 0 Å². The Bertz CT molecular complexity index is 222. The Morgan fingerprint density at radius 1 is 1.40 bits per heavy atom. The van der Waals surface area contributed by atoms with Crippen LogP contribution >= 0.6 is 0 Å². The van der Waals surface area contributed by atoms with E-state index in [1.807, 2.05) is 0 Å². The standard InChI is InChI=1S/C10H14/c1-7-4-5-9-6-10(9,3)8(7)2/h4-8H,1-3H3. The minimum absolute atomic E-state index is 0.480. The topological polar surface area (TPSA) is 0 Å². The van der Waals surface area contributed by atoms with E-state index in [1.54, 1.807) is 5.57 Å². The van der Waals surface area contributed by atoms with Crippen molar-refractivity contribution in [2.75, 3.05) is 0 Å². The van der Waals surface area contributed by atoms with Gasteiger partial charge in [0.2, 0.25) is 0 Å². The molecule has 0 bridgehead atoms. The highest BCUT2D eigenvalue weighted by molar-refractivity contribution is 5.49. The van der Waals surface area contributed by atoms with Crippen molar-refractivity contribution in [2.45, 2.75) is 20.8 Å². The van der Waals surface area contributed by atoms with Crippen LogP contribution in [0.4, 0.5) is 0 Å². The Balaban J connectivity index is 2.29. The van der Waals surface area contributed by atoms with Gasteiger partial charge in [0, 0.05) is 5.41 Å². The van der Waals surface area contributed by atoms with Crippen molar-refractivity contribution < 1.29 is 0 Å². The molecule has 0 fully saturated rings. The van der Waals surface area contributed by atoms with E-state index in [0.717, 1.165) is 11.8 Å². The summed E-state index contributed by atoms with van der Waals surface area (Å²) < 4.78 is 0. The Morgan fingerprint density at radius 3 is 2.70 bits per heavy atom. The summed E-state index contributed by atoms with van der Waals surface area (Å²) >= 11 is 0. The van der Waals surface area contributed by atoms with Crippen molar-refractivity contribution in [1.29, 1.82) is 0 Å². The summed E-state index contributed by atoms with van der Waals surface area (Å²) in [5.41, 5.74) is 2.03. The number of fused-ring (bicyclic) bond motifs is 1. The van der Waals surface area contributed by atoms with Crippen molar-refractivity contribution in [2.24, 2.45) is 17.3 Å². The molecule has 0 heterocycles. The van der Waals surface area contributed by atoms with Crippen LogP contribution in [0.15, 0.2) is 23.8 Å². The monoisotopic (exact) mass is 134 g/mol. The molecule has 2 aliphatic carbocycles. The summed E-state index contributed by atoms with van der Waals surface area (Å²) in [5.74, 6) is 1.57. The molecule has 10 heavy (non-hydrogen) atoms. The first-order chi connectivity index (χ1) is 4.64. The fourth-order valence-electron chi connectivity index (χ4n) is 1.88. The average molecular weight is 134 g/mol. The van der Waals surface area contributed by atoms with Crippen LogP contribution in [0.2, 0.25) is 0 Å². The van der Waals surface area contributed by atoms with Crippen molar-refractivity contribution in [3.8, 4) is 0 Å². The summed E-state index contributed by atoms with van der Waals surface area (Å²) in [6.07, 6.45) is 6.99. The van der Waals surface area contributed by atoms with Crippen molar-refractivity contribution in [3.63, 3.8) is 0 Å². The van der Waals surface area contributed by atoms with E-state index >= 15 is 0 Å². The first-order valence-electron chi connectivity index (χ1n) is 4.06. The van der Waals surface area contributed by atoms with Gasteiger partial charge in [0.25, 0.3) is 0 Å². The molecule has 0 saturated heterocycles. The van der Waals surface area contributed by atoms with E-state index in [1.165, 1.54) is 0 Å². The molecule has 0 nitrogen and oxygen atoms in total. The van der Waals surface area contributed by atoms with Gasteiger partial charge >= 0.3 is 0 Å². The maximum atomic E-state index is 2.39. The molecule has 0 amide bonds.